The quantitative estimate of drug-likeness (QED) is 0.518. The predicted octanol–water partition coefficient (Wildman–Crippen LogP) is 0.332. The molecule has 1 saturated carbocycles. The molecule has 1 rings (SSSR count). The molecule has 1 fully saturated rings. The summed E-state index contributed by atoms with van der Waals surface area (Å²) in [4.78, 5) is 0. The zero-order valence-electron chi connectivity index (χ0n) is 5.35. The number of hydrogen-bond acceptors (Lipinski definition) is 2. The molecular formula is C6H16N2. The Bertz CT molecular complexity index is 77.5. The van der Waals surface area contributed by atoms with Crippen molar-refractivity contribution in [3.8, 4) is 0 Å². The van der Waals surface area contributed by atoms with Crippen LogP contribution in [0.1, 0.15) is 20.7 Å². The lowest BCUT2D eigenvalue weighted by Crippen LogP contribution is -2.38. The van der Waals surface area contributed by atoms with E-state index in [4.69, 9.17) is 5.73 Å². The fraction of sp³-hybridized carbons (Fsp3) is 1.00. The van der Waals surface area contributed by atoms with Crippen LogP contribution in [0.25, 0.3) is 0 Å². The highest BCUT2D eigenvalue weighted by atomic mass is 14.9. The van der Waals surface area contributed by atoms with Crippen molar-refractivity contribution in [1.29, 1.82) is 0 Å². The van der Waals surface area contributed by atoms with E-state index in [1.165, 1.54) is 19.3 Å². The van der Waals surface area contributed by atoms with Crippen LogP contribution in [0.3, 0.4) is 0 Å². The average Bonchev–Trinajstić information content (AvgIpc) is 2.14. The first-order valence-corrected chi connectivity index (χ1v) is 3.27. The molecule has 1 aliphatic rings. The summed E-state index contributed by atoms with van der Waals surface area (Å²) in [6.45, 7) is 0. The summed E-state index contributed by atoms with van der Waals surface area (Å²) >= 11 is 0. The van der Waals surface area contributed by atoms with Gasteiger partial charge in [0, 0.05) is 13.5 Å². The lowest BCUT2D eigenvalue weighted by molar-refractivity contribution is 0.518. The van der Waals surface area contributed by atoms with Crippen molar-refractivity contribution in [2.75, 3.05) is 7.05 Å². The van der Waals surface area contributed by atoms with Gasteiger partial charge in [-0.25, -0.2) is 0 Å². The first-order valence-electron chi connectivity index (χ1n) is 3.27. The van der Waals surface area contributed by atoms with Crippen LogP contribution in [-0.4, -0.2) is 19.1 Å². The molecule has 3 N–H and O–H groups in total. The van der Waals surface area contributed by atoms with E-state index in [2.05, 4.69) is 5.32 Å². The first-order chi connectivity index (χ1) is 3.84. The second-order valence-corrected chi connectivity index (χ2v) is 2.49. The standard InChI is InChI=1S/C6H14N2.H2/c1-8-6-4-2-3-5(6)7;/h5-6,8H,2-4,7H2,1H3;1H/t5-,6-;/m0./s1. The van der Waals surface area contributed by atoms with Gasteiger partial charge in [-0.05, 0) is 19.9 Å². The normalized spacial score (nSPS) is 38.2. The van der Waals surface area contributed by atoms with E-state index in [1.54, 1.807) is 0 Å². The van der Waals surface area contributed by atoms with E-state index in [0.717, 1.165) is 0 Å². The maximum atomic E-state index is 5.73. The van der Waals surface area contributed by atoms with E-state index >= 15 is 0 Å². The Hall–Kier alpha value is -0.0800. The Morgan fingerprint density at radius 1 is 1.62 bits per heavy atom. The molecule has 0 unspecified atom stereocenters. The SMILES string of the molecule is CN[C@H]1CCC[C@@H]1N.[HH]. The minimum absolute atomic E-state index is 0. The molecule has 0 amide bonds. The maximum Gasteiger partial charge on any atom is 0.0216 e. The van der Waals surface area contributed by atoms with Crippen molar-refractivity contribution in [3.63, 3.8) is 0 Å². The molecule has 0 radical (unpaired) electrons. The van der Waals surface area contributed by atoms with E-state index in [0.29, 0.717) is 12.1 Å². The monoisotopic (exact) mass is 116 g/mol. The molecule has 0 bridgehead atoms. The van der Waals surface area contributed by atoms with E-state index in [9.17, 15) is 0 Å². The largest absolute Gasteiger partial charge is 0.326 e. The fourth-order valence-electron chi connectivity index (χ4n) is 1.35. The lowest BCUT2D eigenvalue weighted by atomic mass is 10.2. The van der Waals surface area contributed by atoms with E-state index in [-0.39, 0.29) is 1.43 Å². The topological polar surface area (TPSA) is 38.0 Å². The Morgan fingerprint density at radius 3 is 2.62 bits per heavy atom. The molecule has 0 aromatic heterocycles. The van der Waals surface area contributed by atoms with Crippen molar-refractivity contribution in [3.05, 3.63) is 0 Å². The third-order valence-corrected chi connectivity index (χ3v) is 1.94. The van der Waals surface area contributed by atoms with Crippen molar-refractivity contribution >= 4 is 0 Å². The molecule has 2 atom stereocenters. The van der Waals surface area contributed by atoms with Gasteiger partial charge < -0.3 is 11.1 Å². The molecule has 0 spiro atoms. The molecule has 0 heterocycles. The zero-order valence-corrected chi connectivity index (χ0v) is 5.35. The second-order valence-electron chi connectivity index (χ2n) is 2.49. The molecule has 2 nitrogen and oxygen atoms in total. The van der Waals surface area contributed by atoms with Gasteiger partial charge in [-0.1, -0.05) is 6.42 Å². The smallest absolute Gasteiger partial charge is 0.0216 e. The highest BCUT2D eigenvalue weighted by Crippen LogP contribution is 2.15. The molecule has 8 heavy (non-hydrogen) atoms. The number of nitrogens with one attached hydrogen (secondary N) is 1. The summed E-state index contributed by atoms with van der Waals surface area (Å²) in [6.07, 6.45) is 3.76. The molecule has 0 aliphatic heterocycles. The molecule has 0 saturated heterocycles. The minimum atomic E-state index is 0. The van der Waals surface area contributed by atoms with Crippen LogP contribution < -0.4 is 11.1 Å². The van der Waals surface area contributed by atoms with E-state index < -0.39 is 0 Å². The molecule has 1 aliphatic carbocycles. The Labute approximate surface area is 51.9 Å². The van der Waals surface area contributed by atoms with E-state index in [1.807, 2.05) is 7.05 Å². The number of rotatable bonds is 1. The summed E-state index contributed by atoms with van der Waals surface area (Å²) in [5.74, 6) is 0. The summed E-state index contributed by atoms with van der Waals surface area (Å²) in [6, 6.07) is 1.01. The molecule has 50 valence electrons. The van der Waals surface area contributed by atoms with Gasteiger partial charge in [0.2, 0.25) is 0 Å². The number of hydrogen-bond donors (Lipinski definition) is 2. The molecule has 0 aromatic rings. The Balaban J connectivity index is 0.000000640. The molecule has 0 aromatic carbocycles. The highest BCUT2D eigenvalue weighted by Gasteiger charge is 2.21. The Kier molecular flexibility index (Phi) is 1.86. The van der Waals surface area contributed by atoms with Crippen LogP contribution in [0.5, 0.6) is 0 Å². The summed E-state index contributed by atoms with van der Waals surface area (Å²) < 4.78 is 0. The van der Waals surface area contributed by atoms with Gasteiger partial charge in [0.25, 0.3) is 0 Å². The van der Waals surface area contributed by atoms with Gasteiger partial charge in [-0.15, -0.1) is 0 Å². The van der Waals surface area contributed by atoms with Gasteiger partial charge in [-0.3, -0.25) is 0 Å². The number of likely N-dealkylation sites (N-methyl/N-ethyl adjacent to an activating group) is 1. The van der Waals surface area contributed by atoms with Crippen LogP contribution in [0.2, 0.25) is 0 Å². The number of nitrogens with two attached hydrogens (primary N) is 1. The predicted molar refractivity (Wildman–Crippen MR) is 36.8 cm³/mol. The van der Waals surface area contributed by atoms with Gasteiger partial charge in [-0.2, -0.15) is 0 Å². The third kappa shape index (κ3) is 1.01. The van der Waals surface area contributed by atoms with Crippen molar-refractivity contribution in [2.45, 2.75) is 31.3 Å². The van der Waals surface area contributed by atoms with Crippen LogP contribution in [0.15, 0.2) is 0 Å². The first kappa shape index (κ1) is 6.05. The highest BCUT2D eigenvalue weighted by molar-refractivity contribution is 4.84. The second kappa shape index (κ2) is 2.46. The summed E-state index contributed by atoms with van der Waals surface area (Å²) in [5, 5.41) is 3.19. The fourth-order valence-corrected chi connectivity index (χ4v) is 1.35. The summed E-state index contributed by atoms with van der Waals surface area (Å²) in [7, 11) is 1.98. The summed E-state index contributed by atoms with van der Waals surface area (Å²) in [5.41, 5.74) is 5.73. The van der Waals surface area contributed by atoms with Gasteiger partial charge in [0.15, 0.2) is 0 Å². The third-order valence-electron chi connectivity index (χ3n) is 1.94. The maximum absolute atomic E-state index is 5.73. The van der Waals surface area contributed by atoms with Crippen molar-refractivity contribution in [2.24, 2.45) is 5.73 Å². The van der Waals surface area contributed by atoms with Crippen molar-refractivity contribution < 1.29 is 1.43 Å². The van der Waals surface area contributed by atoms with Crippen LogP contribution >= 0.6 is 0 Å². The van der Waals surface area contributed by atoms with Gasteiger partial charge in [0.05, 0.1) is 0 Å². The molecule has 2 heteroatoms. The Morgan fingerprint density at radius 2 is 2.38 bits per heavy atom. The zero-order chi connectivity index (χ0) is 5.98. The van der Waals surface area contributed by atoms with Crippen LogP contribution in [0, 0.1) is 0 Å². The van der Waals surface area contributed by atoms with Crippen LogP contribution in [0.4, 0.5) is 0 Å². The van der Waals surface area contributed by atoms with Crippen LogP contribution in [-0.2, 0) is 0 Å². The van der Waals surface area contributed by atoms with Gasteiger partial charge >= 0.3 is 0 Å². The average molecular weight is 116 g/mol. The van der Waals surface area contributed by atoms with Gasteiger partial charge in [0.1, 0.15) is 0 Å². The molecular weight excluding hydrogens is 100 g/mol. The minimum Gasteiger partial charge on any atom is -0.326 e. The lowest BCUT2D eigenvalue weighted by Gasteiger charge is -2.12. The van der Waals surface area contributed by atoms with Crippen molar-refractivity contribution in [1.82, 2.24) is 5.32 Å².